The summed E-state index contributed by atoms with van der Waals surface area (Å²) in [5.74, 6) is -1.01. The molecule has 140 valence electrons. The Balaban J connectivity index is 1.89. The highest BCUT2D eigenvalue weighted by molar-refractivity contribution is 8.00. The summed E-state index contributed by atoms with van der Waals surface area (Å²) in [5, 5.41) is 11.7. The van der Waals surface area contributed by atoms with Crippen LogP contribution in [0, 0.1) is 0 Å². The number of hydrogen-bond donors (Lipinski definition) is 1. The second kappa shape index (κ2) is 7.44. The van der Waals surface area contributed by atoms with Crippen molar-refractivity contribution < 1.29 is 9.90 Å². The molecule has 0 spiro atoms. The van der Waals surface area contributed by atoms with Crippen LogP contribution in [0.15, 0.2) is 70.9 Å². The molecule has 4 rings (SSSR count). The van der Waals surface area contributed by atoms with Crippen molar-refractivity contribution in [2.45, 2.75) is 23.9 Å². The molecule has 0 saturated carbocycles. The molecule has 2 heterocycles. The van der Waals surface area contributed by atoms with Gasteiger partial charge in [0, 0.05) is 18.9 Å². The number of pyridine rings is 1. The molecule has 0 amide bonds. The van der Waals surface area contributed by atoms with E-state index in [4.69, 9.17) is 0 Å². The standard InChI is InChI=1S/C21H17N3O3S/c1-2-24-19(25)16-10-13-6-3-4-7-14(13)11-17(16)23-21(24)28-18(20(26)27)15-8-5-9-22-12-15/h3-12,18H,2H2,1H3,(H,26,27). The lowest BCUT2D eigenvalue weighted by atomic mass is 10.1. The van der Waals surface area contributed by atoms with Crippen LogP contribution in [0.1, 0.15) is 17.7 Å². The summed E-state index contributed by atoms with van der Waals surface area (Å²) >= 11 is 1.05. The number of rotatable bonds is 5. The maximum atomic E-state index is 13.1. The predicted octanol–water partition coefficient (Wildman–Crippen LogP) is 3.88. The molecular formula is C21H17N3O3S. The van der Waals surface area contributed by atoms with Gasteiger partial charge in [0.05, 0.1) is 10.9 Å². The van der Waals surface area contributed by atoms with Crippen molar-refractivity contribution >= 4 is 39.4 Å². The number of nitrogens with zero attached hydrogens (tertiary/aromatic N) is 3. The smallest absolute Gasteiger partial charge is 0.321 e. The zero-order valence-corrected chi connectivity index (χ0v) is 15.9. The van der Waals surface area contributed by atoms with Gasteiger partial charge in [0.1, 0.15) is 5.25 Å². The highest BCUT2D eigenvalue weighted by atomic mass is 32.2. The van der Waals surface area contributed by atoms with Crippen LogP contribution in [0.5, 0.6) is 0 Å². The SMILES string of the molecule is CCn1c(SC(C(=O)O)c2cccnc2)nc2cc3ccccc3cc2c1=O. The second-order valence-corrected chi connectivity index (χ2v) is 7.36. The molecule has 1 unspecified atom stereocenters. The van der Waals surface area contributed by atoms with Gasteiger partial charge in [-0.2, -0.15) is 0 Å². The summed E-state index contributed by atoms with van der Waals surface area (Å²) in [4.78, 5) is 33.6. The highest BCUT2D eigenvalue weighted by Crippen LogP contribution is 2.34. The van der Waals surface area contributed by atoms with Crippen molar-refractivity contribution in [2.24, 2.45) is 0 Å². The minimum atomic E-state index is -1.01. The number of aliphatic carboxylic acids is 1. The van der Waals surface area contributed by atoms with E-state index in [0.29, 0.717) is 28.2 Å². The fourth-order valence-corrected chi connectivity index (χ4v) is 4.23. The zero-order chi connectivity index (χ0) is 19.7. The predicted molar refractivity (Wildman–Crippen MR) is 110 cm³/mol. The molecule has 0 radical (unpaired) electrons. The number of benzene rings is 2. The van der Waals surface area contributed by atoms with E-state index in [2.05, 4.69) is 9.97 Å². The van der Waals surface area contributed by atoms with Crippen molar-refractivity contribution in [1.29, 1.82) is 0 Å². The highest BCUT2D eigenvalue weighted by Gasteiger charge is 2.24. The number of fused-ring (bicyclic) bond motifs is 2. The average Bonchev–Trinajstić information content (AvgIpc) is 2.71. The van der Waals surface area contributed by atoms with Gasteiger partial charge in [-0.15, -0.1) is 0 Å². The molecule has 0 aliphatic carbocycles. The fourth-order valence-electron chi connectivity index (χ4n) is 3.15. The van der Waals surface area contributed by atoms with Crippen LogP contribution in [-0.2, 0) is 11.3 Å². The van der Waals surface area contributed by atoms with E-state index in [-0.39, 0.29) is 5.56 Å². The van der Waals surface area contributed by atoms with E-state index in [1.54, 1.807) is 18.3 Å². The van der Waals surface area contributed by atoms with Gasteiger partial charge in [0.2, 0.25) is 0 Å². The molecule has 4 aromatic rings. The van der Waals surface area contributed by atoms with E-state index in [1.165, 1.54) is 10.8 Å². The van der Waals surface area contributed by atoms with Gasteiger partial charge in [-0.3, -0.25) is 19.1 Å². The van der Waals surface area contributed by atoms with Gasteiger partial charge in [0.25, 0.3) is 5.56 Å². The topological polar surface area (TPSA) is 85.1 Å². The van der Waals surface area contributed by atoms with Crippen LogP contribution in [-0.4, -0.2) is 25.6 Å². The summed E-state index contributed by atoms with van der Waals surface area (Å²) in [6, 6.07) is 14.9. The molecular weight excluding hydrogens is 374 g/mol. The quantitative estimate of drug-likeness (QED) is 0.316. The maximum absolute atomic E-state index is 13.1. The summed E-state index contributed by atoms with van der Waals surface area (Å²) < 4.78 is 1.52. The number of carboxylic acids is 1. The number of hydrogen-bond acceptors (Lipinski definition) is 5. The third-order valence-corrected chi connectivity index (χ3v) is 5.77. The normalized spacial score (nSPS) is 12.3. The minimum absolute atomic E-state index is 0.170. The molecule has 0 fully saturated rings. The molecule has 1 N–H and O–H groups in total. The molecule has 28 heavy (non-hydrogen) atoms. The summed E-state index contributed by atoms with van der Waals surface area (Å²) in [7, 11) is 0. The molecule has 0 saturated heterocycles. The molecule has 0 bridgehead atoms. The van der Waals surface area contributed by atoms with Crippen LogP contribution in [0.3, 0.4) is 0 Å². The minimum Gasteiger partial charge on any atom is -0.480 e. The van der Waals surface area contributed by atoms with E-state index in [9.17, 15) is 14.7 Å². The van der Waals surface area contributed by atoms with Crippen LogP contribution < -0.4 is 5.56 Å². The monoisotopic (exact) mass is 391 g/mol. The number of thioether (sulfide) groups is 1. The Bertz CT molecular complexity index is 1240. The first-order valence-corrected chi connectivity index (χ1v) is 9.69. The Labute approximate surface area is 164 Å². The van der Waals surface area contributed by atoms with Gasteiger partial charge in [-0.05, 0) is 41.5 Å². The second-order valence-electron chi connectivity index (χ2n) is 6.28. The van der Waals surface area contributed by atoms with E-state index in [1.807, 2.05) is 43.3 Å². The molecule has 2 aromatic carbocycles. The summed E-state index contributed by atoms with van der Waals surface area (Å²) in [6.07, 6.45) is 3.11. The fraction of sp³-hybridized carbons (Fsp3) is 0.143. The Hall–Kier alpha value is -3.19. The molecule has 0 aliphatic rings. The number of carbonyl (C=O) groups is 1. The van der Waals surface area contributed by atoms with Crippen molar-refractivity contribution in [1.82, 2.24) is 14.5 Å². The van der Waals surface area contributed by atoms with Crippen molar-refractivity contribution in [3.05, 3.63) is 76.8 Å². The Morgan fingerprint density at radius 3 is 2.57 bits per heavy atom. The van der Waals surface area contributed by atoms with Gasteiger partial charge >= 0.3 is 5.97 Å². The van der Waals surface area contributed by atoms with E-state index >= 15 is 0 Å². The number of aromatic nitrogens is 3. The summed E-state index contributed by atoms with van der Waals surface area (Å²) in [5.41, 5.74) is 0.942. The van der Waals surface area contributed by atoms with E-state index in [0.717, 1.165) is 22.5 Å². The van der Waals surface area contributed by atoms with Gasteiger partial charge < -0.3 is 5.11 Å². The zero-order valence-electron chi connectivity index (χ0n) is 15.1. The molecule has 7 heteroatoms. The lowest BCUT2D eigenvalue weighted by molar-refractivity contribution is -0.136. The third-order valence-electron chi connectivity index (χ3n) is 4.54. The van der Waals surface area contributed by atoms with Gasteiger partial charge in [-0.1, -0.05) is 42.1 Å². The Kier molecular flexibility index (Phi) is 4.83. The first kappa shape index (κ1) is 18.2. The van der Waals surface area contributed by atoms with Crippen molar-refractivity contribution in [3.8, 4) is 0 Å². The van der Waals surface area contributed by atoms with Crippen LogP contribution in [0.4, 0.5) is 0 Å². The number of carboxylic acid groups (broad SMARTS) is 1. The first-order chi connectivity index (χ1) is 13.6. The first-order valence-electron chi connectivity index (χ1n) is 8.81. The molecule has 0 aliphatic heterocycles. The van der Waals surface area contributed by atoms with Gasteiger partial charge in [-0.25, -0.2) is 4.98 Å². The van der Waals surface area contributed by atoms with Crippen molar-refractivity contribution in [2.75, 3.05) is 0 Å². The van der Waals surface area contributed by atoms with Crippen LogP contribution >= 0.6 is 11.8 Å². The Morgan fingerprint density at radius 1 is 1.18 bits per heavy atom. The lowest BCUT2D eigenvalue weighted by Crippen LogP contribution is -2.23. The Morgan fingerprint density at radius 2 is 1.93 bits per heavy atom. The average molecular weight is 391 g/mol. The molecule has 6 nitrogen and oxygen atoms in total. The summed E-state index contributed by atoms with van der Waals surface area (Å²) in [6.45, 7) is 2.25. The van der Waals surface area contributed by atoms with E-state index < -0.39 is 11.2 Å². The van der Waals surface area contributed by atoms with Crippen LogP contribution in [0.2, 0.25) is 0 Å². The van der Waals surface area contributed by atoms with Crippen LogP contribution in [0.25, 0.3) is 21.7 Å². The lowest BCUT2D eigenvalue weighted by Gasteiger charge is -2.16. The van der Waals surface area contributed by atoms with Gasteiger partial charge in [0.15, 0.2) is 5.16 Å². The van der Waals surface area contributed by atoms with Crippen molar-refractivity contribution in [3.63, 3.8) is 0 Å². The maximum Gasteiger partial charge on any atom is 0.321 e. The molecule has 1 atom stereocenters. The third kappa shape index (κ3) is 3.25. The largest absolute Gasteiger partial charge is 0.480 e. The molecule has 2 aromatic heterocycles.